The average molecular weight is 595 g/mol. The first-order valence-corrected chi connectivity index (χ1v) is 14.7. The van der Waals surface area contributed by atoms with Crippen LogP contribution >= 0.6 is 27.7 Å². The van der Waals surface area contributed by atoms with Gasteiger partial charge in [-0.1, -0.05) is 46.1 Å². The summed E-state index contributed by atoms with van der Waals surface area (Å²) in [6.07, 6.45) is 3.76. The molecule has 1 aromatic carbocycles. The van der Waals surface area contributed by atoms with Crippen LogP contribution in [0.3, 0.4) is 0 Å². The zero-order valence-electron chi connectivity index (χ0n) is 20.7. The maximum atomic E-state index is 13.9. The number of likely N-dealkylation sites (tertiary alicyclic amines) is 1. The number of rotatable bonds is 11. The molecule has 6 atom stereocenters. The lowest BCUT2D eigenvalue weighted by Crippen LogP contribution is -2.54. The smallest absolute Gasteiger partial charge is 0.310 e. The Balaban J connectivity index is 1.41. The number of aromatic nitrogens is 3. The number of amides is 2. The number of aliphatic hydroxyl groups excluding tert-OH is 1. The Morgan fingerprint density at radius 1 is 1.27 bits per heavy atom. The van der Waals surface area contributed by atoms with E-state index >= 15 is 0 Å². The normalized spacial score (nSPS) is 30.2. The number of para-hydroxylation sites is 1. The number of esters is 1. The predicted molar refractivity (Wildman–Crippen MR) is 142 cm³/mol. The van der Waals surface area contributed by atoms with Gasteiger partial charge < -0.3 is 20.1 Å². The lowest BCUT2D eigenvalue weighted by molar-refractivity contribution is -0.153. The molecule has 37 heavy (non-hydrogen) atoms. The number of carbonyl (C=O) groups excluding carboxylic acids is 3. The monoisotopic (exact) mass is 593 g/mol. The van der Waals surface area contributed by atoms with Crippen LogP contribution in [-0.2, 0) is 25.8 Å². The number of nitrogens with zero attached hydrogens (tertiary/aromatic N) is 4. The largest absolute Gasteiger partial charge is 0.466 e. The zero-order chi connectivity index (χ0) is 26.2. The summed E-state index contributed by atoms with van der Waals surface area (Å²) >= 11 is 5.34. The van der Waals surface area contributed by atoms with E-state index < -0.39 is 22.6 Å². The Labute approximate surface area is 228 Å². The van der Waals surface area contributed by atoms with Crippen molar-refractivity contribution < 1.29 is 24.2 Å². The van der Waals surface area contributed by atoms with Crippen molar-refractivity contribution in [1.29, 1.82) is 0 Å². The second kappa shape index (κ2) is 10.9. The van der Waals surface area contributed by atoms with E-state index in [0.717, 1.165) is 30.3 Å². The van der Waals surface area contributed by atoms with Gasteiger partial charge in [-0.3, -0.25) is 14.4 Å². The Hall–Kier alpha value is -2.18. The molecular weight excluding hydrogens is 562 g/mol. The molecule has 200 valence electrons. The summed E-state index contributed by atoms with van der Waals surface area (Å²) in [5.41, 5.74) is 1.54. The summed E-state index contributed by atoms with van der Waals surface area (Å²) in [5.74, 6) is -1.91. The van der Waals surface area contributed by atoms with Crippen molar-refractivity contribution >= 4 is 56.5 Å². The van der Waals surface area contributed by atoms with Crippen LogP contribution in [-0.4, -0.2) is 83.4 Å². The number of benzene rings is 1. The highest BCUT2D eigenvalue weighted by atomic mass is 79.9. The van der Waals surface area contributed by atoms with E-state index in [1.807, 2.05) is 24.3 Å². The van der Waals surface area contributed by atoms with E-state index in [0.29, 0.717) is 19.4 Å². The zero-order valence-corrected chi connectivity index (χ0v) is 23.1. The molecule has 2 N–H and O–H groups in total. The fraction of sp³-hybridized carbons (Fsp3) is 0.640. The first-order chi connectivity index (χ1) is 17.9. The van der Waals surface area contributed by atoms with E-state index in [2.05, 4.69) is 31.6 Å². The maximum Gasteiger partial charge on any atom is 0.310 e. The van der Waals surface area contributed by atoms with E-state index in [1.165, 1.54) is 0 Å². The Bertz CT molecular complexity index is 1180. The van der Waals surface area contributed by atoms with Gasteiger partial charge in [0.25, 0.3) is 0 Å². The van der Waals surface area contributed by atoms with Gasteiger partial charge in [0.15, 0.2) is 0 Å². The number of hydrogen-bond acceptors (Lipinski definition) is 8. The highest BCUT2D eigenvalue weighted by molar-refractivity contribution is 9.09. The molecule has 0 aliphatic carbocycles. The molecule has 0 saturated carbocycles. The van der Waals surface area contributed by atoms with Crippen molar-refractivity contribution in [1.82, 2.24) is 25.2 Å². The van der Waals surface area contributed by atoms with Crippen LogP contribution in [0.2, 0.25) is 0 Å². The fourth-order valence-electron chi connectivity index (χ4n) is 6.21. The van der Waals surface area contributed by atoms with Crippen LogP contribution < -0.4 is 5.32 Å². The molecule has 1 aromatic heterocycles. The Kier molecular flexibility index (Phi) is 7.78. The third-order valence-electron chi connectivity index (χ3n) is 7.73. The van der Waals surface area contributed by atoms with Gasteiger partial charge in [-0.2, -0.15) is 0 Å². The number of fused-ring (bicyclic) bond motifs is 2. The molecule has 3 saturated heterocycles. The average Bonchev–Trinajstić information content (AvgIpc) is 3.60. The summed E-state index contributed by atoms with van der Waals surface area (Å²) in [6, 6.07) is 6.82. The number of aliphatic hydroxyl groups is 1. The quantitative estimate of drug-likeness (QED) is 0.230. The maximum absolute atomic E-state index is 13.9. The molecule has 3 fully saturated rings. The molecule has 2 amide bonds. The lowest BCUT2D eigenvalue weighted by Gasteiger charge is -2.35. The minimum absolute atomic E-state index is 0.00928. The van der Waals surface area contributed by atoms with Gasteiger partial charge >= 0.3 is 5.97 Å². The summed E-state index contributed by atoms with van der Waals surface area (Å²) in [6.45, 7) is 2.71. The van der Waals surface area contributed by atoms with E-state index in [9.17, 15) is 14.4 Å². The van der Waals surface area contributed by atoms with Crippen LogP contribution in [0.25, 0.3) is 11.0 Å². The highest BCUT2D eigenvalue weighted by Gasteiger charge is 2.75. The molecule has 10 nitrogen and oxygen atoms in total. The topological polar surface area (TPSA) is 127 Å². The minimum atomic E-state index is -0.702. The van der Waals surface area contributed by atoms with Crippen molar-refractivity contribution in [2.45, 2.75) is 66.6 Å². The van der Waals surface area contributed by atoms with Gasteiger partial charge in [0.1, 0.15) is 18.2 Å². The molecule has 5 rings (SSSR count). The Morgan fingerprint density at radius 2 is 2.05 bits per heavy atom. The molecule has 3 aliphatic heterocycles. The van der Waals surface area contributed by atoms with Crippen LogP contribution in [0.1, 0.15) is 39.0 Å². The predicted octanol–water partition coefficient (Wildman–Crippen LogP) is 2.09. The summed E-state index contributed by atoms with van der Waals surface area (Å²) < 4.78 is 6.32. The van der Waals surface area contributed by atoms with Crippen molar-refractivity contribution in [2.24, 2.45) is 11.8 Å². The van der Waals surface area contributed by atoms with Crippen molar-refractivity contribution in [3.05, 3.63) is 24.3 Å². The van der Waals surface area contributed by atoms with Crippen LogP contribution in [0, 0.1) is 11.8 Å². The number of hydrogen-bond donors (Lipinski definition) is 2. The summed E-state index contributed by atoms with van der Waals surface area (Å²) in [7, 11) is 0. The van der Waals surface area contributed by atoms with Crippen molar-refractivity contribution in [3.8, 4) is 0 Å². The van der Waals surface area contributed by atoms with Crippen molar-refractivity contribution in [2.75, 3.05) is 19.8 Å². The number of thioether (sulfide) groups is 1. The third-order valence-corrected chi connectivity index (χ3v) is 10.9. The molecular formula is C25H32BrN5O5S. The Morgan fingerprint density at radius 3 is 2.84 bits per heavy atom. The van der Waals surface area contributed by atoms with Gasteiger partial charge in [-0.25, -0.2) is 4.68 Å². The van der Waals surface area contributed by atoms with E-state index in [-0.39, 0.29) is 47.7 Å². The first-order valence-electron chi connectivity index (χ1n) is 12.9. The van der Waals surface area contributed by atoms with Crippen molar-refractivity contribution in [3.63, 3.8) is 0 Å². The van der Waals surface area contributed by atoms with E-state index in [1.54, 1.807) is 28.3 Å². The molecule has 12 heteroatoms. The third kappa shape index (κ3) is 4.54. The number of ether oxygens (including phenoxy) is 1. The molecule has 3 unspecified atom stereocenters. The number of unbranched alkanes of at least 4 members (excludes halogenated alkanes) is 3. The van der Waals surface area contributed by atoms with E-state index in [4.69, 9.17) is 9.84 Å². The SMILES string of the molecule is CCOC(=O)[C@H]1[C@H]2C(=O)N(CCCCCCO)C(C(=O)NCn3nnc4ccccc43)C23CC(Br)[C@@H]1S3. The standard InChI is InChI=1S/C25H32BrN5O5S/c1-2-36-24(35)18-19-23(34)30(11-7-3-4-8-12-32)21(25(19)13-15(26)20(18)37-25)22(33)27-14-31-17-10-6-5-9-16(17)28-29-31/h5-6,9-10,15,18-21,32H,2-4,7-8,11-14H2,1H3,(H,27,33)/t15?,18-,19-,20-,21?,25?/m0/s1. The molecule has 0 radical (unpaired) electrons. The van der Waals surface area contributed by atoms with Crippen LogP contribution in [0.4, 0.5) is 0 Å². The molecule has 2 aromatic rings. The number of carbonyl (C=O) groups is 3. The molecule has 4 heterocycles. The number of nitrogens with one attached hydrogen (secondary N) is 1. The lowest BCUT2D eigenvalue weighted by atomic mass is 9.71. The molecule has 2 bridgehead atoms. The minimum Gasteiger partial charge on any atom is -0.466 e. The number of halogens is 1. The molecule has 3 aliphatic rings. The van der Waals surface area contributed by atoms with Gasteiger partial charge in [0.05, 0.1) is 28.7 Å². The van der Waals surface area contributed by atoms with Crippen LogP contribution in [0.15, 0.2) is 24.3 Å². The first kappa shape index (κ1) is 26.4. The molecule has 1 spiro atoms. The fourth-order valence-corrected chi connectivity index (χ4v) is 9.81. The number of alkyl halides is 1. The van der Waals surface area contributed by atoms with Gasteiger partial charge in [-0.15, -0.1) is 16.9 Å². The summed E-state index contributed by atoms with van der Waals surface area (Å²) in [5, 5.41) is 20.3. The van der Waals surface area contributed by atoms with Gasteiger partial charge in [0, 0.05) is 23.2 Å². The second-order valence-electron chi connectivity index (χ2n) is 9.86. The second-order valence-corrected chi connectivity index (χ2v) is 12.6. The summed E-state index contributed by atoms with van der Waals surface area (Å²) in [4.78, 5) is 42.5. The highest BCUT2D eigenvalue weighted by Crippen LogP contribution is 2.67. The van der Waals surface area contributed by atoms with Gasteiger partial charge in [-0.05, 0) is 38.3 Å². The van der Waals surface area contributed by atoms with Gasteiger partial charge in [0.2, 0.25) is 11.8 Å². The van der Waals surface area contributed by atoms with Crippen LogP contribution in [0.5, 0.6) is 0 Å².